The molecule has 0 heterocycles. The quantitative estimate of drug-likeness (QED) is 0.844. The molecule has 0 spiro atoms. The topological polar surface area (TPSA) is 69.6 Å². The molecule has 0 unspecified atom stereocenters. The first-order valence-corrected chi connectivity index (χ1v) is 6.32. The fourth-order valence-electron chi connectivity index (χ4n) is 1.69. The van der Waals surface area contributed by atoms with Gasteiger partial charge >= 0.3 is 0 Å². The van der Waals surface area contributed by atoms with E-state index in [0.717, 1.165) is 0 Å². The molecule has 2 amide bonds. The van der Waals surface area contributed by atoms with Gasteiger partial charge in [-0.1, -0.05) is 12.1 Å². The Morgan fingerprint density at radius 1 is 1.32 bits per heavy atom. The summed E-state index contributed by atoms with van der Waals surface area (Å²) in [5.74, 6) is -0.629. The van der Waals surface area contributed by atoms with E-state index in [9.17, 15) is 14.7 Å². The maximum atomic E-state index is 12.2. The van der Waals surface area contributed by atoms with Crippen molar-refractivity contribution in [1.82, 2.24) is 10.2 Å². The number of para-hydroxylation sites is 1. The molecule has 5 nitrogen and oxygen atoms in total. The number of aromatic hydroxyl groups is 1. The SMILES string of the molecule is CCN(CC(=O)NC(C)C)C(=O)c1ccccc1O. The summed E-state index contributed by atoms with van der Waals surface area (Å²) in [6.45, 7) is 5.90. The molecule has 0 bridgehead atoms. The highest BCUT2D eigenvalue weighted by atomic mass is 16.3. The Bertz CT molecular complexity index is 458. The summed E-state index contributed by atoms with van der Waals surface area (Å²) in [6.07, 6.45) is 0. The van der Waals surface area contributed by atoms with Gasteiger partial charge in [-0.25, -0.2) is 0 Å². The van der Waals surface area contributed by atoms with E-state index in [4.69, 9.17) is 0 Å². The van der Waals surface area contributed by atoms with Crippen molar-refractivity contribution in [3.63, 3.8) is 0 Å². The second-order valence-corrected chi connectivity index (χ2v) is 4.56. The van der Waals surface area contributed by atoms with Crippen LogP contribution in [0.5, 0.6) is 5.75 Å². The number of amides is 2. The predicted molar refractivity (Wildman–Crippen MR) is 73.0 cm³/mol. The van der Waals surface area contributed by atoms with Gasteiger partial charge < -0.3 is 15.3 Å². The number of rotatable bonds is 5. The third-order valence-corrected chi connectivity index (χ3v) is 2.59. The third kappa shape index (κ3) is 4.28. The number of nitrogens with one attached hydrogen (secondary N) is 1. The summed E-state index contributed by atoms with van der Waals surface area (Å²) in [5, 5.41) is 12.4. The number of hydrogen-bond acceptors (Lipinski definition) is 3. The van der Waals surface area contributed by atoms with Crippen LogP contribution in [0.3, 0.4) is 0 Å². The number of hydrogen-bond donors (Lipinski definition) is 2. The van der Waals surface area contributed by atoms with E-state index in [0.29, 0.717) is 6.54 Å². The predicted octanol–water partition coefficient (Wildman–Crippen LogP) is 1.38. The fraction of sp³-hybridized carbons (Fsp3) is 0.429. The minimum atomic E-state index is -0.348. The molecule has 1 aromatic carbocycles. The summed E-state index contributed by atoms with van der Waals surface area (Å²) in [4.78, 5) is 25.3. The average Bonchev–Trinajstić information content (AvgIpc) is 2.35. The van der Waals surface area contributed by atoms with Crippen molar-refractivity contribution < 1.29 is 14.7 Å². The van der Waals surface area contributed by atoms with Crippen molar-refractivity contribution in [2.45, 2.75) is 26.8 Å². The molecule has 0 radical (unpaired) electrons. The third-order valence-electron chi connectivity index (χ3n) is 2.59. The van der Waals surface area contributed by atoms with Crippen molar-refractivity contribution in [3.8, 4) is 5.75 Å². The van der Waals surface area contributed by atoms with E-state index in [2.05, 4.69) is 5.32 Å². The lowest BCUT2D eigenvalue weighted by atomic mass is 10.1. The molecule has 5 heteroatoms. The van der Waals surface area contributed by atoms with Gasteiger partial charge in [-0.15, -0.1) is 0 Å². The number of carbonyl (C=O) groups excluding carboxylic acids is 2. The molecule has 0 atom stereocenters. The first-order valence-electron chi connectivity index (χ1n) is 6.32. The van der Waals surface area contributed by atoms with Gasteiger partial charge in [0.25, 0.3) is 5.91 Å². The zero-order valence-electron chi connectivity index (χ0n) is 11.5. The van der Waals surface area contributed by atoms with E-state index < -0.39 is 0 Å². The highest BCUT2D eigenvalue weighted by Crippen LogP contribution is 2.17. The van der Waals surface area contributed by atoms with Crippen LogP contribution < -0.4 is 5.32 Å². The molecule has 0 aliphatic rings. The Labute approximate surface area is 113 Å². The summed E-state index contributed by atoms with van der Waals surface area (Å²) in [5.41, 5.74) is 0.210. The molecule has 0 fully saturated rings. The van der Waals surface area contributed by atoms with Gasteiger partial charge in [0.1, 0.15) is 5.75 Å². The summed E-state index contributed by atoms with van der Waals surface area (Å²) >= 11 is 0. The second kappa shape index (κ2) is 6.78. The zero-order chi connectivity index (χ0) is 14.4. The Morgan fingerprint density at radius 3 is 2.47 bits per heavy atom. The van der Waals surface area contributed by atoms with Gasteiger partial charge in [0.2, 0.25) is 5.91 Å². The van der Waals surface area contributed by atoms with Crippen LogP contribution in [0.4, 0.5) is 0 Å². The van der Waals surface area contributed by atoms with E-state index in [1.54, 1.807) is 25.1 Å². The molecule has 0 aliphatic carbocycles. The summed E-state index contributed by atoms with van der Waals surface area (Å²) in [7, 11) is 0. The maximum absolute atomic E-state index is 12.2. The van der Waals surface area contributed by atoms with Crippen molar-refractivity contribution in [3.05, 3.63) is 29.8 Å². The second-order valence-electron chi connectivity index (χ2n) is 4.56. The molecule has 0 aromatic heterocycles. The van der Waals surface area contributed by atoms with E-state index in [1.807, 2.05) is 13.8 Å². The zero-order valence-corrected chi connectivity index (χ0v) is 11.5. The van der Waals surface area contributed by atoms with Gasteiger partial charge in [-0.2, -0.15) is 0 Å². The highest BCUT2D eigenvalue weighted by Gasteiger charge is 2.19. The van der Waals surface area contributed by atoms with Gasteiger partial charge in [0.15, 0.2) is 0 Å². The Balaban J connectivity index is 2.78. The lowest BCUT2D eigenvalue weighted by molar-refractivity contribution is -0.122. The lowest BCUT2D eigenvalue weighted by Crippen LogP contribution is -2.42. The summed E-state index contributed by atoms with van der Waals surface area (Å²) < 4.78 is 0. The molecule has 0 aliphatic heterocycles. The fourth-order valence-corrected chi connectivity index (χ4v) is 1.69. The largest absolute Gasteiger partial charge is 0.507 e. The molecule has 104 valence electrons. The van der Waals surface area contributed by atoms with Crippen LogP contribution in [0.1, 0.15) is 31.1 Å². The average molecular weight is 264 g/mol. The van der Waals surface area contributed by atoms with Gasteiger partial charge in [0, 0.05) is 12.6 Å². The van der Waals surface area contributed by atoms with Crippen LogP contribution in [0, 0.1) is 0 Å². The van der Waals surface area contributed by atoms with Crippen molar-refractivity contribution in [2.75, 3.05) is 13.1 Å². The van der Waals surface area contributed by atoms with Gasteiger partial charge in [0.05, 0.1) is 12.1 Å². The number of phenolic OH excluding ortho intramolecular Hbond substituents is 1. The van der Waals surface area contributed by atoms with Crippen molar-refractivity contribution in [2.24, 2.45) is 0 Å². The molecule has 2 N–H and O–H groups in total. The van der Waals surface area contributed by atoms with Crippen molar-refractivity contribution in [1.29, 1.82) is 0 Å². The normalized spacial score (nSPS) is 10.3. The van der Waals surface area contributed by atoms with Crippen LogP contribution >= 0.6 is 0 Å². The molecular weight excluding hydrogens is 244 g/mol. The number of likely N-dealkylation sites (N-methyl/N-ethyl adjacent to an activating group) is 1. The van der Waals surface area contributed by atoms with Crippen LogP contribution in [0.15, 0.2) is 24.3 Å². The van der Waals surface area contributed by atoms with Crippen molar-refractivity contribution >= 4 is 11.8 Å². The standard InChI is InChI=1S/C14H20N2O3/c1-4-16(9-13(18)15-10(2)3)14(19)11-7-5-6-8-12(11)17/h5-8,10,17H,4,9H2,1-3H3,(H,15,18). The smallest absolute Gasteiger partial charge is 0.258 e. The Kier molecular flexibility index (Phi) is 5.36. The number of carbonyl (C=O) groups is 2. The number of phenols is 1. The first kappa shape index (κ1) is 15.0. The van der Waals surface area contributed by atoms with Gasteiger partial charge in [-0.3, -0.25) is 9.59 Å². The molecule has 19 heavy (non-hydrogen) atoms. The Morgan fingerprint density at radius 2 is 1.95 bits per heavy atom. The van der Waals surface area contributed by atoms with Gasteiger partial charge in [-0.05, 0) is 32.9 Å². The first-order chi connectivity index (χ1) is 8.95. The molecule has 0 saturated carbocycles. The molecule has 1 rings (SSSR count). The number of benzene rings is 1. The molecular formula is C14H20N2O3. The van der Waals surface area contributed by atoms with Crippen LogP contribution in [-0.4, -0.2) is 41.0 Å². The van der Waals surface area contributed by atoms with E-state index in [-0.39, 0.29) is 35.7 Å². The number of nitrogens with zero attached hydrogens (tertiary/aromatic N) is 1. The minimum absolute atomic E-state index is 0.0121. The maximum Gasteiger partial charge on any atom is 0.258 e. The monoisotopic (exact) mass is 264 g/mol. The van der Waals surface area contributed by atoms with Crippen LogP contribution in [0.2, 0.25) is 0 Å². The molecule has 0 saturated heterocycles. The van der Waals surface area contributed by atoms with E-state index in [1.165, 1.54) is 11.0 Å². The van der Waals surface area contributed by atoms with E-state index >= 15 is 0 Å². The highest BCUT2D eigenvalue weighted by molar-refractivity contribution is 5.98. The Hall–Kier alpha value is -2.04. The van der Waals surface area contributed by atoms with Crippen LogP contribution in [0.25, 0.3) is 0 Å². The minimum Gasteiger partial charge on any atom is -0.507 e. The summed E-state index contributed by atoms with van der Waals surface area (Å²) in [6, 6.07) is 6.35. The van der Waals surface area contributed by atoms with Crippen LogP contribution in [-0.2, 0) is 4.79 Å². The lowest BCUT2D eigenvalue weighted by Gasteiger charge is -2.21. The molecule has 1 aromatic rings.